The first kappa shape index (κ1) is 13.4. The van der Waals surface area contributed by atoms with E-state index in [0.29, 0.717) is 5.41 Å². The van der Waals surface area contributed by atoms with Crippen LogP contribution in [0, 0.1) is 11.3 Å². The van der Waals surface area contributed by atoms with Crippen molar-refractivity contribution in [2.24, 2.45) is 11.3 Å². The second-order valence-corrected chi connectivity index (χ2v) is 6.14. The van der Waals surface area contributed by atoms with Crippen LogP contribution in [-0.2, 0) is 4.74 Å². The Morgan fingerprint density at radius 3 is 2.53 bits per heavy atom. The summed E-state index contributed by atoms with van der Waals surface area (Å²) in [7, 11) is 0. The summed E-state index contributed by atoms with van der Waals surface area (Å²) >= 11 is 0. The van der Waals surface area contributed by atoms with Crippen LogP contribution in [0.25, 0.3) is 0 Å². The summed E-state index contributed by atoms with van der Waals surface area (Å²) in [6.45, 7) is 6.72. The molecule has 0 aromatic carbocycles. The van der Waals surface area contributed by atoms with Crippen LogP contribution in [0.2, 0.25) is 0 Å². The zero-order valence-electron chi connectivity index (χ0n) is 11.5. The SMILES string of the molecule is CCCNCC1(CC2CCOCC2)CCCC1. The number of rotatable bonds is 6. The van der Waals surface area contributed by atoms with Gasteiger partial charge in [-0.15, -0.1) is 0 Å². The van der Waals surface area contributed by atoms with Crippen molar-refractivity contribution in [3.05, 3.63) is 0 Å². The van der Waals surface area contributed by atoms with Gasteiger partial charge in [0.15, 0.2) is 0 Å². The largest absolute Gasteiger partial charge is 0.381 e. The Bertz CT molecular complexity index is 205. The van der Waals surface area contributed by atoms with E-state index >= 15 is 0 Å². The first-order valence-corrected chi connectivity index (χ1v) is 7.63. The average Bonchev–Trinajstić information content (AvgIpc) is 2.80. The number of hydrogen-bond donors (Lipinski definition) is 1. The molecule has 0 spiro atoms. The molecular weight excluding hydrogens is 210 g/mol. The molecule has 0 radical (unpaired) electrons. The molecule has 1 aliphatic carbocycles. The smallest absolute Gasteiger partial charge is 0.0468 e. The van der Waals surface area contributed by atoms with Gasteiger partial charge in [-0.05, 0) is 56.4 Å². The Labute approximate surface area is 107 Å². The molecule has 2 nitrogen and oxygen atoms in total. The van der Waals surface area contributed by atoms with Crippen molar-refractivity contribution in [1.29, 1.82) is 0 Å². The van der Waals surface area contributed by atoms with E-state index in [2.05, 4.69) is 12.2 Å². The Morgan fingerprint density at radius 2 is 1.88 bits per heavy atom. The predicted molar refractivity (Wildman–Crippen MR) is 72.2 cm³/mol. The first-order chi connectivity index (χ1) is 8.35. The Kier molecular flexibility index (Phi) is 5.30. The van der Waals surface area contributed by atoms with Crippen LogP contribution < -0.4 is 5.32 Å². The van der Waals surface area contributed by atoms with E-state index < -0.39 is 0 Å². The number of hydrogen-bond acceptors (Lipinski definition) is 2. The third-order valence-corrected chi connectivity index (χ3v) is 4.65. The molecule has 0 amide bonds. The molecular formula is C15H29NO. The van der Waals surface area contributed by atoms with E-state index in [9.17, 15) is 0 Å². The highest BCUT2D eigenvalue weighted by Gasteiger charge is 2.35. The van der Waals surface area contributed by atoms with Crippen molar-refractivity contribution >= 4 is 0 Å². The van der Waals surface area contributed by atoms with E-state index in [1.54, 1.807) is 0 Å². The lowest BCUT2D eigenvalue weighted by atomic mass is 9.75. The minimum atomic E-state index is 0.636. The van der Waals surface area contributed by atoms with Crippen LogP contribution in [0.3, 0.4) is 0 Å². The van der Waals surface area contributed by atoms with E-state index in [1.165, 1.54) is 64.5 Å². The van der Waals surface area contributed by atoms with Crippen molar-refractivity contribution in [2.45, 2.75) is 58.3 Å². The summed E-state index contributed by atoms with van der Waals surface area (Å²) in [5.74, 6) is 0.935. The van der Waals surface area contributed by atoms with Gasteiger partial charge in [-0.3, -0.25) is 0 Å². The zero-order valence-corrected chi connectivity index (χ0v) is 11.5. The molecule has 2 aliphatic rings. The van der Waals surface area contributed by atoms with Crippen LogP contribution in [-0.4, -0.2) is 26.3 Å². The van der Waals surface area contributed by atoms with Crippen molar-refractivity contribution in [2.75, 3.05) is 26.3 Å². The monoisotopic (exact) mass is 239 g/mol. The Balaban J connectivity index is 1.82. The molecule has 1 N–H and O–H groups in total. The van der Waals surface area contributed by atoms with Crippen LogP contribution in [0.4, 0.5) is 0 Å². The summed E-state index contributed by atoms with van der Waals surface area (Å²) in [5.41, 5.74) is 0.636. The zero-order chi connectivity index (χ0) is 12.0. The minimum absolute atomic E-state index is 0.636. The van der Waals surface area contributed by atoms with Crippen molar-refractivity contribution < 1.29 is 4.74 Å². The van der Waals surface area contributed by atoms with Crippen molar-refractivity contribution in [3.63, 3.8) is 0 Å². The lowest BCUT2D eigenvalue weighted by Crippen LogP contribution is -2.35. The van der Waals surface area contributed by atoms with Gasteiger partial charge in [0.25, 0.3) is 0 Å². The molecule has 0 atom stereocenters. The van der Waals surface area contributed by atoms with Crippen LogP contribution in [0.15, 0.2) is 0 Å². The molecule has 1 saturated heterocycles. The molecule has 0 bridgehead atoms. The van der Waals surface area contributed by atoms with Gasteiger partial charge in [0.05, 0.1) is 0 Å². The van der Waals surface area contributed by atoms with E-state index in [0.717, 1.165) is 19.1 Å². The van der Waals surface area contributed by atoms with Gasteiger partial charge < -0.3 is 10.1 Å². The molecule has 1 aliphatic heterocycles. The Morgan fingerprint density at radius 1 is 1.18 bits per heavy atom. The van der Waals surface area contributed by atoms with E-state index in [1.807, 2.05) is 0 Å². The molecule has 2 fully saturated rings. The van der Waals surface area contributed by atoms with Gasteiger partial charge in [0, 0.05) is 19.8 Å². The molecule has 0 aromatic heterocycles. The van der Waals surface area contributed by atoms with Gasteiger partial charge >= 0.3 is 0 Å². The number of nitrogens with one attached hydrogen (secondary N) is 1. The molecule has 0 unspecified atom stereocenters. The second-order valence-electron chi connectivity index (χ2n) is 6.14. The minimum Gasteiger partial charge on any atom is -0.381 e. The maximum absolute atomic E-state index is 5.48. The quantitative estimate of drug-likeness (QED) is 0.718. The number of ether oxygens (including phenoxy) is 1. The van der Waals surface area contributed by atoms with E-state index in [-0.39, 0.29) is 0 Å². The summed E-state index contributed by atoms with van der Waals surface area (Å²) in [4.78, 5) is 0. The average molecular weight is 239 g/mol. The predicted octanol–water partition coefficient (Wildman–Crippen LogP) is 3.36. The van der Waals surface area contributed by atoms with Gasteiger partial charge in [0.1, 0.15) is 0 Å². The highest BCUT2D eigenvalue weighted by atomic mass is 16.5. The van der Waals surface area contributed by atoms with Crippen molar-refractivity contribution in [3.8, 4) is 0 Å². The van der Waals surface area contributed by atoms with Gasteiger partial charge in [0.2, 0.25) is 0 Å². The lowest BCUT2D eigenvalue weighted by Gasteiger charge is -2.35. The fourth-order valence-electron chi connectivity index (χ4n) is 3.67. The maximum atomic E-state index is 5.48. The maximum Gasteiger partial charge on any atom is 0.0468 e. The highest BCUT2D eigenvalue weighted by molar-refractivity contribution is 4.89. The lowest BCUT2D eigenvalue weighted by molar-refractivity contribution is 0.0470. The molecule has 0 aromatic rings. The van der Waals surface area contributed by atoms with Crippen LogP contribution >= 0.6 is 0 Å². The summed E-state index contributed by atoms with van der Waals surface area (Å²) in [6, 6.07) is 0. The Hall–Kier alpha value is -0.0800. The third kappa shape index (κ3) is 3.96. The van der Waals surface area contributed by atoms with Gasteiger partial charge in [-0.25, -0.2) is 0 Å². The summed E-state index contributed by atoms with van der Waals surface area (Å²) < 4.78 is 5.48. The van der Waals surface area contributed by atoms with E-state index in [4.69, 9.17) is 4.74 Å². The molecule has 2 heteroatoms. The standard InChI is InChI=1S/C15H29NO/c1-2-9-16-13-15(7-3-4-8-15)12-14-5-10-17-11-6-14/h14,16H,2-13H2,1H3. The van der Waals surface area contributed by atoms with Crippen molar-refractivity contribution in [1.82, 2.24) is 5.32 Å². The molecule has 100 valence electrons. The van der Waals surface area contributed by atoms with Crippen LogP contribution in [0.1, 0.15) is 58.3 Å². The topological polar surface area (TPSA) is 21.3 Å². The third-order valence-electron chi connectivity index (χ3n) is 4.65. The fraction of sp³-hybridized carbons (Fsp3) is 1.00. The first-order valence-electron chi connectivity index (χ1n) is 7.63. The molecule has 17 heavy (non-hydrogen) atoms. The summed E-state index contributed by atoms with van der Waals surface area (Å²) in [5, 5.41) is 3.68. The highest BCUT2D eigenvalue weighted by Crippen LogP contribution is 2.44. The van der Waals surface area contributed by atoms with Gasteiger partial charge in [-0.2, -0.15) is 0 Å². The normalized spacial score (nSPS) is 25.2. The molecule has 2 rings (SSSR count). The molecule has 1 saturated carbocycles. The van der Waals surface area contributed by atoms with Gasteiger partial charge in [-0.1, -0.05) is 19.8 Å². The second kappa shape index (κ2) is 6.75. The fourth-order valence-corrected chi connectivity index (χ4v) is 3.67. The van der Waals surface area contributed by atoms with Crippen LogP contribution in [0.5, 0.6) is 0 Å². The summed E-state index contributed by atoms with van der Waals surface area (Å²) in [6.07, 6.45) is 11.1. The molecule has 1 heterocycles.